The molecule has 57 heavy (non-hydrogen) atoms. The number of rotatable bonds is 11. The second-order valence-corrected chi connectivity index (χ2v) is 15.5. The largest absolute Gasteiger partial charge is 0.491 e. The zero-order valence-electron chi connectivity index (χ0n) is 30.8. The molecule has 0 spiro atoms. The van der Waals surface area contributed by atoms with E-state index in [1.807, 2.05) is 4.90 Å². The number of imide groups is 1. The second kappa shape index (κ2) is 17.0. The van der Waals surface area contributed by atoms with Crippen LogP contribution in [0.3, 0.4) is 0 Å². The van der Waals surface area contributed by atoms with Crippen molar-refractivity contribution in [2.45, 2.75) is 49.9 Å². The van der Waals surface area contributed by atoms with Crippen LogP contribution < -0.4 is 30.5 Å². The first-order valence-electron chi connectivity index (χ1n) is 18.0. The summed E-state index contributed by atoms with van der Waals surface area (Å²) in [5, 5.41) is 18.0. The van der Waals surface area contributed by atoms with Crippen molar-refractivity contribution < 1.29 is 37.1 Å². The number of carbonyl (C=O) groups is 4. The van der Waals surface area contributed by atoms with Crippen molar-refractivity contribution in [2.75, 3.05) is 66.3 Å². The van der Waals surface area contributed by atoms with Gasteiger partial charge in [-0.15, -0.1) is 12.6 Å². The lowest BCUT2D eigenvalue weighted by Gasteiger charge is -2.34. The van der Waals surface area contributed by atoms with Crippen molar-refractivity contribution in [3.8, 4) is 11.8 Å². The molecule has 19 heteroatoms. The van der Waals surface area contributed by atoms with E-state index in [1.165, 1.54) is 6.07 Å². The van der Waals surface area contributed by atoms with Crippen LogP contribution in [0.4, 0.5) is 35.9 Å². The van der Waals surface area contributed by atoms with Crippen molar-refractivity contribution >= 4 is 82.2 Å². The molecule has 0 bridgehead atoms. The standard InChI is InChI=1S/C38H39Cl2F3N8O5S/c1-37(2)35(55)50(24-5-3-22(20-44)26(18-24)38(41,42)43)36(57)51(37)25-6-9-31(28(40)19-25)56-16-15-48-11-13-49(14-12-48)21-33(53)46-30-17-23(4-7-27(30)39)45-29-8-10-32(52)47-34(29)54/h3-7,9,17-19,29,36,45,57H,8,10-16,21H2,1-2H3,(H,46,53)(H,47,52,54). The van der Waals surface area contributed by atoms with Gasteiger partial charge in [0.2, 0.25) is 17.7 Å². The Morgan fingerprint density at radius 3 is 2.37 bits per heavy atom. The quantitative estimate of drug-likeness (QED) is 0.142. The van der Waals surface area contributed by atoms with Crippen molar-refractivity contribution in [3.63, 3.8) is 0 Å². The molecule has 3 aliphatic rings. The van der Waals surface area contributed by atoms with Crippen LogP contribution in [0.25, 0.3) is 0 Å². The lowest BCUT2D eigenvalue weighted by Crippen LogP contribution is -2.49. The van der Waals surface area contributed by atoms with Crippen LogP contribution >= 0.6 is 35.8 Å². The van der Waals surface area contributed by atoms with Crippen molar-refractivity contribution in [1.29, 1.82) is 5.26 Å². The fraction of sp³-hybridized carbons (Fsp3) is 0.395. The third-order valence-corrected chi connectivity index (χ3v) is 11.1. The summed E-state index contributed by atoms with van der Waals surface area (Å²) in [6, 6.07) is 14.0. The van der Waals surface area contributed by atoms with E-state index >= 15 is 0 Å². The molecule has 3 aliphatic heterocycles. The number of nitriles is 1. The zero-order chi connectivity index (χ0) is 41.2. The maximum absolute atomic E-state index is 13.7. The Labute approximate surface area is 342 Å². The SMILES string of the molecule is CC1(C)C(=O)N(c2ccc(C#N)c(C(F)(F)F)c2)C(S)N1c1ccc(OCCN2CCN(CC(=O)Nc3cc(NC4CCC(=O)NC4=O)ccc3Cl)CC2)c(Cl)c1. The van der Waals surface area contributed by atoms with Gasteiger partial charge in [-0.05, 0) is 74.9 Å². The molecule has 4 amide bonds. The summed E-state index contributed by atoms with van der Waals surface area (Å²) < 4.78 is 47.2. The molecule has 0 aliphatic carbocycles. The maximum Gasteiger partial charge on any atom is 0.417 e. The van der Waals surface area contributed by atoms with Gasteiger partial charge < -0.3 is 20.3 Å². The molecule has 13 nitrogen and oxygen atoms in total. The van der Waals surface area contributed by atoms with Gasteiger partial charge in [0.05, 0.1) is 39.5 Å². The summed E-state index contributed by atoms with van der Waals surface area (Å²) in [7, 11) is 0. The number of nitrogens with one attached hydrogen (secondary N) is 3. The third kappa shape index (κ3) is 9.37. The maximum atomic E-state index is 13.7. The van der Waals surface area contributed by atoms with E-state index in [9.17, 15) is 37.6 Å². The summed E-state index contributed by atoms with van der Waals surface area (Å²) in [5.41, 5.74) is -2.48. The Morgan fingerprint density at radius 2 is 1.70 bits per heavy atom. The number of thiol groups is 1. The van der Waals surface area contributed by atoms with E-state index in [0.29, 0.717) is 73.6 Å². The Kier molecular flexibility index (Phi) is 12.5. The molecular formula is C38H39Cl2F3N8O5S. The number of ether oxygens (including phenoxy) is 1. The second-order valence-electron chi connectivity index (χ2n) is 14.3. The van der Waals surface area contributed by atoms with E-state index in [-0.39, 0.29) is 35.5 Å². The summed E-state index contributed by atoms with van der Waals surface area (Å²) in [5.74, 6) is -1.04. The molecule has 0 radical (unpaired) electrons. The van der Waals surface area contributed by atoms with Gasteiger partial charge in [-0.25, -0.2) is 0 Å². The molecule has 2 unspecified atom stereocenters. The minimum Gasteiger partial charge on any atom is -0.491 e. The Bertz CT molecular complexity index is 2110. The minimum absolute atomic E-state index is 0.0502. The van der Waals surface area contributed by atoms with Gasteiger partial charge in [0.1, 0.15) is 23.9 Å². The van der Waals surface area contributed by atoms with Gasteiger partial charge in [-0.1, -0.05) is 23.2 Å². The molecule has 3 fully saturated rings. The Hall–Kier alpha value is -4.73. The Balaban J connectivity index is 0.983. The average Bonchev–Trinajstić information content (AvgIpc) is 3.33. The first-order valence-corrected chi connectivity index (χ1v) is 19.2. The highest BCUT2D eigenvalue weighted by Gasteiger charge is 2.52. The van der Waals surface area contributed by atoms with Crippen LogP contribution in [0.2, 0.25) is 10.0 Å². The fourth-order valence-electron chi connectivity index (χ4n) is 6.98. The Morgan fingerprint density at radius 1 is 1.00 bits per heavy atom. The lowest BCUT2D eigenvalue weighted by molar-refractivity contribution is -0.138. The van der Waals surface area contributed by atoms with Gasteiger partial charge in [0, 0.05) is 56.2 Å². The fourth-order valence-corrected chi connectivity index (χ4v) is 8.03. The molecular weight excluding hydrogens is 808 g/mol. The zero-order valence-corrected chi connectivity index (χ0v) is 33.2. The number of hydrogen-bond donors (Lipinski definition) is 4. The summed E-state index contributed by atoms with van der Waals surface area (Å²) in [6.07, 6.45) is -4.20. The van der Waals surface area contributed by atoms with Crippen LogP contribution in [0, 0.1) is 11.3 Å². The monoisotopic (exact) mass is 846 g/mol. The van der Waals surface area contributed by atoms with E-state index in [0.717, 1.165) is 17.0 Å². The molecule has 3 aromatic rings. The van der Waals surface area contributed by atoms with Crippen molar-refractivity contribution in [2.24, 2.45) is 0 Å². The predicted octanol–water partition coefficient (Wildman–Crippen LogP) is 5.58. The molecule has 2 atom stereocenters. The molecule has 302 valence electrons. The number of benzene rings is 3. The van der Waals surface area contributed by atoms with Crippen LogP contribution in [0.5, 0.6) is 5.75 Å². The smallest absolute Gasteiger partial charge is 0.417 e. The van der Waals surface area contributed by atoms with E-state index < -0.39 is 46.2 Å². The molecule has 0 saturated carbocycles. The molecule has 3 heterocycles. The summed E-state index contributed by atoms with van der Waals surface area (Å²) >= 11 is 17.6. The van der Waals surface area contributed by atoms with Gasteiger partial charge in [0.15, 0.2) is 5.50 Å². The molecule has 3 saturated heterocycles. The highest BCUT2D eigenvalue weighted by Crippen LogP contribution is 2.43. The van der Waals surface area contributed by atoms with Gasteiger partial charge in [-0.2, -0.15) is 18.4 Å². The number of anilines is 4. The predicted molar refractivity (Wildman–Crippen MR) is 213 cm³/mol. The summed E-state index contributed by atoms with van der Waals surface area (Å²) in [6.45, 7) is 6.99. The van der Waals surface area contributed by atoms with E-state index in [4.69, 9.17) is 27.9 Å². The number of alkyl halides is 3. The first kappa shape index (κ1) is 41.9. The van der Waals surface area contributed by atoms with Crippen LogP contribution in [0.15, 0.2) is 54.6 Å². The van der Waals surface area contributed by atoms with Gasteiger partial charge >= 0.3 is 6.18 Å². The van der Waals surface area contributed by atoms with Crippen LogP contribution in [-0.4, -0.2) is 96.4 Å². The van der Waals surface area contributed by atoms with Crippen molar-refractivity contribution in [1.82, 2.24) is 15.1 Å². The van der Waals surface area contributed by atoms with E-state index in [2.05, 4.69) is 33.5 Å². The van der Waals surface area contributed by atoms with Crippen LogP contribution in [-0.2, 0) is 25.4 Å². The molecule has 0 aromatic heterocycles. The summed E-state index contributed by atoms with van der Waals surface area (Å²) in [4.78, 5) is 57.2. The average molecular weight is 848 g/mol. The minimum atomic E-state index is -4.80. The molecule has 3 aromatic carbocycles. The number of amides is 4. The number of carbonyl (C=O) groups excluding carboxylic acids is 4. The van der Waals surface area contributed by atoms with Gasteiger partial charge in [-0.3, -0.25) is 39.2 Å². The normalized spacial score (nSPS) is 20.3. The molecule has 6 rings (SSSR count). The highest BCUT2D eigenvalue weighted by molar-refractivity contribution is 7.81. The molecule has 3 N–H and O–H groups in total. The van der Waals surface area contributed by atoms with Gasteiger partial charge in [0.25, 0.3) is 5.91 Å². The van der Waals surface area contributed by atoms with Crippen LogP contribution in [0.1, 0.15) is 37.8 Å². The number of piperazine rings is 1. The highest BCUT2D eigenvalue weighted by atomic mass is 35.5. The number of piperidine rings is 1. The topological polar surface area (TPSA) is 150 Å². The van der Waals surface area contributed by atoms with E-state index in [1.54, 1.807) is 61.2 Å². The lowest BCUT2D eigenvalue weighted by atomic mass is 10.0. The number of halogens is 5. The third-order valence-electron chi connectivity index (χ3n) is 10.0. The first-order chi connectivity index (χ1) is 27.0. The number of nitrogens with zero attached hydrogens (tertiary/aromatic N) is 5. The van der Waals surface area contributed by atoms with Crippen molar-refractivity contribution in [3.05, 3.63) is 75.8 Å². The number of hydrogen-bond acceptors (Lipinski definition) is 11.